The zero-order valence-corrected chi connectivity index (χ0v) is 17.4. The van der Waals surface area contributed by atoms with Gasteiger partial charge in [0.1, 0.15) is 6.61 Å². The van der Waals surface area contributed by atoms with Crippen molar-refractivity contribution in [1.29, 1.82) is 0 Å². The Balaban J connectivity index is 1.25. The largest absolute Gasteiger partial charge is 0.396 e. The third-order valence-electron chi connectivity index (χ3n) is 5.41. The Morgan fingerprint density at radius 3 is 2.73 bits per heavy atom. The van der Waals surface area contributed by atoms with Gasteiger partial charge in [-0.2, -0.15) is 4.98 Å². The number of aromatic nitrogens is 2. The molecule has 30 heavy (non-hydrogen) atoms. The minimum atomic E-state index is 0.324. The third-order valence-corrected chi connectivity index (χ3v) is 5.41. The van der Waals surface area contributed by atoms with Crippen LogP contribution in [0.2, 0.25) is 0 Å². The molecule has 0 unspecified atom stereocenters. The van der Waals surface area contributed by atoms with Crippen molar-refractivity contribution < 1.29 is 9.36 Å². The topological polar surface area (TPSA) is 72.5 Å². The van der Waals surface area contributed by atoms with E-state index in [0.29, 0.717) is 18.3 Å². The van der Waals surface area contributed by atoms with Crippen LogP contribution in [0.4, 0.5) is 0 Å². The number of nitrogens with zero attached hydrogens (tertiary/aromatic N) is 3. The maximum atomic E-state index is 5.51. The van der Waals surface area contributed by atoms with Gasteiger partial charge in [-0.3, -0.25) is 0 Å². The molecule has 156 valence electrons. The van der Waals surface area contributed by atoms with Crippen LogP contribution in [0.1, 0.15) is 49.1 Å². The molecule has 0 spiro atoms. The predicted octanol–water partition coefficient (Wildman–Crippen LogP) is 4.58. The van der Waals surface area contributed by atoms with Crippen LogP contribution in [0.15, 0.2) is 64.3 Å². The van der Waals surface area contributed by atoms with Crippen molar-refractivity contribution in [3.05, 3.63) is 71.6 Å². The number of benzene rings is 2. The Kier molecular flexibility index (Phi) is 6.87. The molecule has 1 saturated heterocycles. The molecule has 2 heterocycles. The molecule has 1 fully saturated rings. The Hall–Kier alpha value is -2.99. The predicted molar refractivity (Wildman–Crippen MR) is 118 cm³/mol. The lowest BCUT2D eigenvalue weighted by Crippen LogP contribution is -2.08. The summed E-state index contributed by atoms with van der Waals surface area (Å²) in [5, 5.41) is 11.7. The summed E-state index contributed by atoms with van der Waals surface area (Å²) in [6.07, 6.45) is 4.20. The average Bonchev–Trinajstić information content (AvgIpc) is 3.49. The van der Waals surface area contributed by atoms with E-state index in [4.69, 9.17) is 9.36 Å². The van der Waals surface area contributed by atoms with Gasteiger partial charge < -0.3 is 14.7 Å². The molecule has 0 bridgehead atoms. The summed E-state index contributed by atoms with van der Waals surface area (Å²) in [5.41, 5.74) is 4.18. The number of nitrogens with one attached hydrogen (secondary N) is 1. The molecule has 0 saturated carbocycles. The van der Waals surface area contributed by atoms with Crippen molar-refractivity contribution in [3.63, 3.8) is 0 Å². The van der Waals surface area contributed by atoms with E-state index < -0.39 is 0 Å². The molecule has 2 aromatic carbocycles. The Morgan fingerprint density at radius 2 is 1.97 bits per heavy atom. The number of hydrogen-bond acceptors (Lipinski definition) is 6. The zero-order valence-electron chi connectivity index (χ0n) is 17.4. The molecule has 1 aliphatic heterocycles. The summed E-state index contributed by atoms with van der Waals surface area (Å²) in [5.74, 6) is 1.68. The molecule has 0 radical (unpaired) electrons. The highest BCUT2D eigenvalue weighted by Crippen LogP contribution is 2.24. The first-order valence-electron chi connectivity index (χ1n) is 10.7. The summed E-state index contributed by atoms with van der Waals surface area (Å²) in [7, 11) is 0. The van der Waals surface area contributed by atoms with Gasteiger partial charge in [0.2, 0.25) is 11.7 Å². The SMILES string of the molecule is C/C(=N\OCCCCc1ccccc1)c1ccc(-c2noc([C@@H]3CCNC3)n2)cc1. The van der Waals surface area contributed by atoms with Crippen molar-refractivity contribution in [1.82, 2.24) is 15.5 Å². The van der Waals surface area contributed by atoms with Crippen LogP contribution in [0.25, 0.3) is 11.4 Å². The van der Waals surface area contributed by atoms with Crippen LogP contribution in [0.3, 0.4) is 0 Å². The minimum Gasteiger partial charge on any atom is -0.396 e. The van der Waals surface area contributed by atoms with E-state index >= 15 is 0 Å². The molecule has 6 heteroatoms. The molecule has 1 atom stereocenters. The summed E-state index contributed by atoms with van der Waals surface area (Å²) in [6.45, 7) is 4.50. The van der Waals surface area contributed by atoms with Gasteiger partial charge in [-0.1, -0.05) is 64.9 Å². The molecular weight excluding hydrogens is 376 g/mol. The number of rotatable bonds is 9. The van der Waals surface area contributed by atoms with Crippen LogP contribution >= 0.6 is 0 Å². The highest BCUT2D eigenvalue weighted by molar-refractivity contribution is 5.98. The maximum Gasteiger partial charge on any atom is 0.231 e. The molecule has 0 amide bonds. The first-order valence-corrected chi connectivity index (χ1v) is 10.7. The summed E-state index contributed by atoms with van der Waals surface area (Å²) >= 11 is 0. The van der Waals surface area contributed by atoms with Crippen molar-refractivity contribution in [2.75, 3.05) is 19.7 Å². The van der Waals surface area contributed by atoms with E-state index in [-0.39, 0.29) is 0 Å². The summed E-state index contributed by atoms with van der Waals surface area (Å²) in [4.78, 5) is 10.1. The van der Waals surface area contributed by atoms with E-state index in [1.54, 1.807) is 0 Å². The minimum absolute atomic E-state index is 0.324. The van der Waals surface area contributed by atoms with Gasteiger partial charge in [0.05, 0.1) is 11.6 Å². The first-order chi connectivity index (χ1) is 14.8. The fourth-order valence-electron chi connectivity index (χ4n) is 3.58. The normalized spacial score (nSPS) is 16.7. The summed E-state index contributed by atoms with van der Waals surface area (Å²) in [6, 6.07) is 18.5. The van der Waals surface area contributed by atoms with Crippen molar-refractivity contribution in [2.24, 2.45) is 5.16 Å². The monoisotopic (exact) mass is 404 g/mol. The van der Waals surface area contributed by atoms with Gasteiger partial charge in [-0.25, -0.2) is 0 Å². The van der Waals surface area contributed by atoms with E-state index in [0.717, 1.165) is 61.5 Å². The van der Waals surface area contributed by atoms with Gasteiger partial charge in [0, 0.05) is 12.1 Å². The molecular formula is C24H28N4O2. The number of hydrogen-bond donors (Lipinski definition) is 1. The van der Waals surface area contributed by atoms with Gasteiger partial charge in [0.25, 0.3) is 0 Å². The molecule has 1 N–H and O–H groups in total. The first kappa shape index (κ1) is 20.3. The average molecular weight is 405 g/mol. The van der Waals surface area contributed by atoms with Crippen LogP contribution in [0, 0.1) is 0 Å². The highest BCUT2D eigenvalue weighted by atomic mass is 16.6. The van der Waals surface area contributed by atoms with Crippen molar-refractivity contribution >= 4 is 5.71 Å². The van der Waals surface area contributed by atoms with Gasteiger partial charge in [0.15, 0.2) is 0 Å². The molecule has 1 aromatic heterocycles. The number of unbranched alkanes of at least 4 members (excludes halogenated alkanes) is 1. The Labute approximate surface area is 177 Å². The Bertz CT molecular complexity index is 945. The second-order valence-electron chi connectivity index (χ2n) is 7.68. The lowest BCUT2D eigenvalue weighted by molar-refractivity contribution is 0.140. The van der Waals surface area contributed by atoms with E-state index in [2.05, 4.69) is 44.9 Å². The summed E-state index contributed by atoms with van der Waals surface area (Å²) < 4.78 is 5.45. The van der Waals surface area contributed by atoms with Crippen molar-refractivity contribution in [2.45, 2.75) is 38.5 Å². The van der Waals surface area contributed by atoms with E-state index in [1.165, 1.54) is 5.56 Å². The van der Waals surface area contributed by atoms with E-state index in [9.17, 15) is 0 Å². The maximum absolute atomic E-state index is 5.51. The lowest BCUT2D eigenvalue weighted by Gasteiger charge is -2.04. The molecule has 6 nitrogen and oxygen atoms in total. The lowest BCUT2D eigenvalue weighted by atomic mass is 10.1. The molecule has 0 aliphatic carbocycles. The van der Waals surface area contributed by atoms with Gasteiger partial charge >= 0.3 is 0 Å². The van der Waals surface area contributed by atoms with Crippen molar-refractivity contribution in [3.8, 4) is 11.4 Å². The number of aryl methyl sites for hydroxylation is 1. The van der Waals surface area contributed by atoms with Crippen LogP contribution in [-0.4, -0.2) is 35.5 Å². The molecule has 4 rings (SSSR count). The quantitative estimate of drug-likeness (QED) is 0.321. The third kappa shape index (κ3) is 5.33. The fraction of sp³-hybridized carbons (Fsp3) is 0.375. The fourth-order valence-corrected chi connectivity index (χ4v) is 3.58. The zero-order chi connectivity index (χ0) is 20.6. The number of oxime groups is 1. The van der Waals surface area contributed by atoms with Crippen LogP contribution in [0.5, 0.6) is 0 Å². The molecule has 1 aliphatic rings. The van der Waals surface area contributed by atoms with Crippen LogP contribution in [-0.2, 0) is 11.3 Å². The van der Waals surface area contributed by atoms with E-state index in [1.807, 2.05) is 37.3 Å². The van der Waals surface area contributed by atoms with Gasteiger partial charge in [-0.05, 0) is 50.3 Å². The smallest absolute Gasteiger partial charge is 0.231 e. The highest BCUT2D eigenvalue weighted by Gasteiger charge is 2.23. The second-order valence-corrected chi connectivity index (χ2v) is 7.68. The standard InChI is InChI=1S/C24H28N4O2/c1-18(27-29-16-6-5-9-19-7-3-2-4-8-19)20-10-12-21(13-11-20)23-26-24(30-28-23)22-14-15-25-17-22/h2-4,7-8,10-13,22,25H,5-6,9,14-17H2,1H3/b27-18+/t22-/m1/s1. The Morgan fingerprint density at radius 1 is 1.13 bits per heavy atom. The molecule has 3 aromatic rings. The second kappa shape index (κ2) is 10.2. The van der Waals surface area contributed by atoms with Gasteiger partial charge in [-0.15, -0.1) is 0 Å². The van der Waals surface area contributed by atoms with Crippen LogP contribution < -0.4 is 5.32 Å².